The molecule has 6 nitrogen and oxygen atoms in total. The number of allylic oxidation sites excluding steroid dienone is 2. The molecule has 2 aromatic rings. The van der Waals surface area contributed by atoms with Gasteiger partial charge < -0.3 is 20.5 Å². The van der Waals surface area contributed by atoms with E-state index >= 15 is 0 Å². The van der Waals surface area contributed by atoms with Gasteiger partial charge in [-0.2, -0.15) is 5.26 Å². The van der Waals surface area contributed by atoms with Crippen molar-refractivity contribution < 1.29 is 14.3 Å². The molecule has 3 rings (SSSR count). The summed E-state index contributed by atoms with van der Waals surface area (Å²) < 4.78 is 10.8. The number of hydrogen-bond donors (Lipinski definition) is 2. The maximum atomic E-state index is 13.0. The van der Waals surface area contributed by atoms with Crippen molar-refractivity contribution in [1.82, 2.24) is 0 Å². The fraction of sp³-hybridized carbons (Fsp3) is 0.143. The molecular weight excluding hydrogens is 342 g/mol. The number of rotatable bonds is 4. The normalized spacial score (nSPS) is 16.4. The molecule has 136 valence electrons. The van der Waals surface area contributed by atoms with Crippen LogP contribution in [0, 0.1) is 11.3 Å². The van der Waals surface area contributed by atoms with Crippen LogP contribution in [0.4, 0.5) is 5.69 Å². The van der Waals surface area contributed by atoms with Crippen LogP contribution >= 0.6 is 0 Å². The van der Waals surface area contributed by atoms with Crippen LogP contribution < -0.4 is 15.8 Å². The summed E-state index contributed by atoms with van der Waals surface area (Å²) in [6, 6.07) is 18.4. The zero-order valence-electron chi connectivity index (χ0n) is 15.0. The predicted molar refractivity (Wildman–Crippen MR) is 101 cm³/mol. The Bertz CT molecular complexity index is 972. The zero-order valence-corrected chi connectivity index (χ0v) is 15.0. The third-order valence-corrected chi connectivity index (χ3v) is 4.31. The van der Waals surface area contributed by atoms with Gasteiger partial charge in [-0.1, -0.05) is 30.3 Å². The van der Waals surface area contributed by atoms with Crippen molar-refractivity contribution in [3.8, 4) is 11.8 Å². The highest BCUT2D eigenvalue weighted by molar-refractivity contribution is 6.06. The minimum absolute atomic E-state index is 0.000851. The van der Waals surface area contributed by atoms with Gasteiger partial charge in [-0.25, -0.2) is 0 Å². The lowest BCUT2D eigenvalue weighted by Gasteiger charge is -2.27. The third-order valence-electron chi connectivity index (χ3n) is 4.31. The highest BCUT2D eigenvalue weighted by atomic mass is 16.5. The molecule has 1 heterocycles. The van der Waals surface area contributed by atoms with Gasteiger partial charge in [0.05, 0.1) is 18.6 Å². The summed E-state index contributed by atoms with van der Waals surface area (Å²) in [5, 5.41) is 12.5. The second-order valence-electron chi connectivity index (χ2n) is 5.99. The second kappa shape index (κ2) is 7.67. The van der Waals surface area contributed by atoms with Crippen molar-refractivity contribution in [2.45, 2.75) is 12.8 Å². The van der Waals surface area contributed by atoms with Crippen molar-refractivity contribution in [2.75, 3.05) is 12.4 Å². The van der Waals surface area contributed by atoms with E-state index in [9.17, 15) is 10.1 Å². The van der Waals surface area contributed by atoms with Gasteiger partial charge in [0.1, 0.15) is 23.2 Å². The largest absolute Gasteiger partial charge is 0.497 e. The first-order valence-corrected chi connectivity index (χ1v) is 8.34. The number of para-hydroxylation sites is 1. The van der Waals surface area contributed by atoms with Gasteiger partial charge in [-0.15, -0.1) is 0 Å². The van der Waals surface area contributed by atoms with Crippen LogP contribution in [0.5, 0.6) is 5.75 Å². The molecule has 6 heteroatoms. The summed E-state index contributed by atoms with van der Waals surface area (Å²) in [7, 11) is 1.56. The Kier molecular flexibility index (Phi) is 5.13. The molecule has 0 unspecified atom stereocenters. The molecule has 1 atom stereocenters. The fourth-order valence-electron chi connectivity index (χ4n) is 3.05. The quantitative estimate of drug-likeness (QED) is 0.870. The highest BCUT2D eigenvalue weighted by Gasteiger charge is 2.35. The van der Waals surface area contributed by atoms with Crippen molar-refractivity contribution in [3.63, 3.8) is 0 Å². The lowest BCUT2D eigenvalue weighted by Crippen LogP contribution is -2.27. The Morgan fingerprint density at radius 1 is 1.22 bits per heavy atom. The molecule has 0 fully saturated rings. The van der Waals surface area contributed by atoms with E-state index < -0.39 is 5.92 Å². The Hall–Kier alpha value is -3.72. The van der Waals surface area contributed by atoms with Crippen molar-refractivity contribution in [2.24, 2.45) is 5.73 Å². The second-order valence-corrected chi connectivity index (χ2v) is 5.99. The first-order valence-electron chi connectivity index (χ1n) is 8.34. The zero-order chi connectivity index (χ0) is 19.4. The molecule has 3 N–H and O–H groups in total. The van der Waals surface area contributed by atoms with Crippen LogP contribution in [-0.2, 0) is 9.53 Å². The molecule has 0 saturated heterocycles. The van der Waals surface area contributed by atoms with Crippen molar-refractivity contribution >= 4 is 11.6 Å². The molecule has 27 heavy (non-hydrogen) atoms. The molecule has 0 aliphatic carbocycles. The van der Waals surface area contributed by atoms with Crippen molar-refractivity contribution in [3.05, 3.63) is 82.9 Å². The van der Waals surface area contributed by atoms with Crippen molar-refractivity contribution in [1.29, 1.82) is 5.26 Å². The molecule has 1 aliphatic rings. The molecule has 0 saturated carbocycles. The summed E-state index contributed by atoms with van der Waals surface area (Å²) >= 11 is 0. The van der Waals surface area contributed by atoms with Crippen LogP contribution in [0.15, 0.2) is 77.4 Å². The summed E-state index contributed by atoms with van der Waals surface area (Å²) in [6.45, 7) is 1.66. The van der Waals surface area contributed by atoms with Gasteiger partial charge in [0.25, 0.3) is 5.91 Å². The lowest BCUT2D eigenvalue weighted by atomic mass is 9.82. The molecular formula is C21H19N3O3. The van der Waals surface area contributed by atoms with E-state index in [2.05, 4.69) is 11.4 Å². The average molecular weight is 361 g/mol. The van der Waals surface area contributed by atoms with E-state index in [1.807, 2.05) is 24.3 Å². The molecule has 1 aliphatic heterocycles. The number of carbonyl (C=O) groups excluding carboxylic acids is 1. The number of nitrogens with two attached hydrogens (primary N) is 1. The summed E-state index contributed by atoms with van der Waals surface area (Å²) in [6.07, 6.45) is 0. The number of ether oxygens (including phenoxy) is 2. The van der Waals surface area contributed by atoms with E-state index in [-0.39, 0.29) is 17.4 Å². The monoisotopic (exact) mass is 361 g/mol. The number of anilines is 1. The molecule has 2 aromatic carbocycles. The molecule has 0 spiro atoms. The Morgan fingerprint density at radius 3 is 2.63 bits per heavy atom. The maximum Gasteiger partial charge on any atom is 0.255 e. The van der Waals surface area contributed by atoms with Crippen LogP contribution in [0.1, 0.15) is 18.4 Å². The highest BCUT2D eigenvalue weighted by Crippen LogP contribution is 2.40. The predicted octanol–water partition coefficient (Wildman–Crippen LogP) is 3.42. The topological polar surface area (TPSA) is 97.4 Å². The summed E-state index contributed by atoms with van der Waals surface area (Å²) in [4.78, 5) is 13.0. The standard InChI is InChI=1S/C21H19N3O3/c1-13-18(21(25)24-15-8-4-3-5-9-15)19(17(12-22)20(23)27-13)14-7-6-10-16(11-14)26-2/h3-11,19H,23H2,1-2H3,(H,24,25)/t19-/m1/s1. The Balaban J connectivity index is 2.07. The first kappa shape index (κ1) is 18.1. The SMILES string of the molecule is COc1cccc([C@@H]2C(C#N)=C(N)OC(C)=C2C(=O)Nc2ccccc2)c1. The maximum absolute atomic E-state index is 13.0. The average Bonchev–Trinajstić information content (AvgIpc) is 2.68. The summed E-state index contributed by atoms with van der Waals surface area (Å²) in [5.74, 6) is -0.0310. The Labute approximate surface area is 157 Å². The van der Waals surface area contributed by atoms with Gasteiger partial charge in [0.15, 0.2) is 0 Å². The summed E-state index contributed by atoms with van der Waals surface area (Å²) in [5.41, 5.74) is 7.81. The number of methoxy groups -OCH3 is 1. The van der Waals surface area contributed by atoms with E-state index in [0.29, 0.717) is 22.8 Å². The van der Waals surface area contributed by atoms with Crippen LogP contribution in [0.3, 0.4) is 0 Å². The van der Waals surface area contributed by atoms with E-state index in [1.165, 1.54) is 0 Å². The number of nitrogens with zero attached hydrogens (tertiary/aromatic N) is 1. The smallest absolute Gasteiger partial charge is 0.255 e. The van der Waals surface area contributed by atoms with E-state index in [4.69, 9.17) is 15.2 Å². The number of amides is 1. The number of nitrogens with one attached hydrogen (secondary N) is 1. The minimum Gasteiger partial charge on any atom is -0.497 e. The number of hydrogen-bond acceptors (Lipinski definition) is 5. The number of benzene rings is 2. The van der Waals surface area contributed by atoms with Gasteiger partial charge in [-0.3, -0.25) is 4.79 Å². The van der Waals surface area contributed by atoms with Gasteiger partial charge >= 0.3 is 0 Å². The van der Waals surface area contributed by atoms with Gasteiger partial charge in [0, 0.05) is 5.69 Å². The minimum atomic E-state index is -0.650. The molecule has 0 bridgehead atoms. The van der Waals surface area contributed by atoms with E-state index in [1.54, 1.807) is 44.4 Å². The first-order chi connectivity index (χ1) is 13.0. The van der Waals surface area contributed by atoms with Crippen LogP contribution in [0.2, 0.25) is 0 Å². The van der Waals surface area contributed by atoms with Gasteiger partial charge in [0.2, 0.25) is 5.88 Å². The number of nitriles is 1. The van der Waals surface area contributed by atoms with Crippen LogP contribution in [-0.4, -0.2) is 13.0 Å². The van der Waals surface area contributed by atoms with Gasteiger partial charge in [-0.05, 0) is 36.8 Å². The van der Waals surface area contributed by atoms with Crippen LogP contribution in [0.25, 0.3) is 0 Å². The molecule has 0 radical (unpaired) electrons. The number of carbonyl (C=O) groups is 1. The Morgan fingerprint density at radius 2 is 1.96 bits per heavy atom. The molecule has 0 aromatic heterocycles. The molecule has 1 amide bonds. The third kappa shape index (κ3) is 3.62. The fourth-order valence-corrected chi connectivity index (χ4v) is 3.05. The van der Waals surface area contributed by atoms with E-state index in [0.717, 1.165) is 5.56 Å². The lowest BCUT2D eigenvalue weighted by molar-refractivity contribution is -0.113.